The van der Waals surface area contributed by atoms with Crippen molar-refractivity contribution in [3.05, 3.63) is 22.4 Å². The highest BCUT2D eigenvalue weighted by Gasteiger charge is 2.49. The second kappa shape index (κ2) is 5.81. The highest BCUT2D eigenvalue weighted by Crippen LogP contribution is 2.48. The summed E-state index contributed by atoms with van der Waals surface area (Å²) >= 11 is 1.70. The number of fused-ring (bicyclic) bond motifs is 2. The maximum Gasteiger partial charge on any atom is 0.227 e. The maximum atomic E-state index is 12.5. The minimum Gasteiger partial charge on any atom is -0.340 e. The molecule has 5 heteroatoms. The predicted molar refractivity (Wildman–Crippen MR) is 80.3 cm³/mol. The molecule has 0 saturated heterocycles. The SMILES string of the molecule is CN(Cc1cccs1)C(=O)C1C2CCC(C2)C1N.Cl. The van der Waals surface area contributed by atoms with Crippen LogP contribution in [-0.2, 0) is 11.3 Å². The molecular formula is C14H21ClN2OS. The third-order valence-corrected chi connectivity index (χ3v) is 5.48. The first-order valence-corrected chi connectivity index (χ1v) is 7.57. The number of nitrogens with two attached hydrogens (primary N) is 1. The van der Waals surface area contributed by atoms with Gasteiger partial charge in [-0.05, 0) is 42.5 Å². The van der Waals surface area contributed by atoms with Crippen LogP contribution in [0.1, 0.15) is 24.1 Å². The standard InChI is InChI=1S/C14H20N2OS.ClH/c1-16(8-11-3-2-6-18-11)14(17)12-9-4-5-10(7-9)13(12)15;/h2-3,6,9-10,12-13H,4-5,7-8,15H2,1H3;1H. The van der Waals surface area contributed by atoms with E-state index in [9.17, 15) is 4.79 Å². The van der Waals surface area contributed by atoms with Crippen LogP contribution in [0.3, 0.4) is 0 Å². The van der Waals surface area contributed by atoms with E-state index in [1.54, 1.807) is 11.3 Å². The van der Waals surface area contributed by atoms with Crippen LogP contribution in [0.25, 0.3) is 0 Å². The van der Waals surface area contributed by atoms with Crippen molar-refractivity contribution in [2.45, 2.75) is 31.8 Å². The third-order valence-electron chi connectivity index (χ3n) is 4.62. The van der Waals surface area contributed by atoms with Crippen LogP contribution in [0.2, 0.25) is 0 Å². The number of hydrogen-bond donors (Lipinski definition) is 1. The fourth-order valence-electron chi connectivity index (χ4n) is 3.67. The van der Waals surface area contributed by atoms with Crippen LogP contribution >= 0.6 is 23.7 Å². The molecule has 2 aliphatic carbocycles. The number of carbonyl (C=O) groups excluding carboxylic acids is 1. The lowest BCUT2D eigenvalue weighted by atomic mass is 9.84. The summed E-state index contributed by atoms with van der Waals surface area (Å²) in [6.07, 6.45) is 3.59. The number of rotatable bonds is 3. The van der Waals surface area contributed by atoms with Crippen LogP contribution < -0.4 is 5.73 Å². The molecule has 3 rings (SSSR count). The number of amides is 1. The molecule has 4 unspecified atom stereocenters. The molecule has 1 amide bonds. The van der Waals surface area contributed by atoms with Crippen molar-refractivity contribution in [3.8, 4) is 0 Å². The van der Waals surface area contributed by atoms with Gasteiger partial charge in [0, 0.05) is 18.0 Å². The van der Waals surface area contributed by atoms with E-state index in [0.717, 1.165) is 6.54 Å². The Labute approximate surface area is 124 Å². The van der Waals surface area contributed by atoms with E-state index in [2.05, 4.69) is 11.4 Å². The minimum absolute atomic E-state index is 0. The third kappa shape index (κ3) is 2.67. The molecule has 2 N–H and O–H groups in total. The van der Waals surface area contributed by atoms with Crippen LogP contribution in [0.15, 0.2) is 17.5 Å². The van der Waals surface area contributed by atoms with Gasteiger partial charge in [-0.2, -0.15) is 0 Å². The Bertz CT molecular complexity index is 435. The van der Waals surface area contributed by atoms with Gasteiger partial charge in [-0.3, -0.25) is 4.79 Å². The maximum absolute atomic E-state index is 12.5. The highest BCUT2D eigenvalue weighted by atomic mass is 35.5. The molecule has 3 nitrogen and oxygen atoms in total. The summed E-state index contributed by atoms with van der Waals surface area (Å²) < 4.78 is 0. The van der Waals surface area contributed by atoms with Crippen LogP contribution in [0.4, 0.5) is 0 Å². The van der Waals surface area contributed by atoms with Gasteiger partial charge in [-0.1, -0.05) is 6.07 Å². The molecule has 0 aromatic carbocycles. The average molecular weight is 301 g/mol. The number of thiophene rings is 1. The Morgan fingerprint density at radius 2 is 2.21 bits per heavy atom. The summed E-state index contributed by atoms with van der Waals surface area (Å²) in [5, 5.41) is 2.05. The molecule has 19 heavy (non-hydrogen) atoms. The lowest BCUT2D eigenvalue weighted by Crippen LogP contribution is -2.45. The van der Waals surface area contributed by atoms with E-state index in [1.165, 1.54) is 24.1 Å². The summed E-state index contributed by atoms with van der Waals surface area (Å²) in [6, 6.07) is 4.21. The van der Waals surface area contributed by atoms with Gasteiger partial charge in [0.05, 0.1) is 12.5 Å². The molecule has 4 atom stereocenters. The molecule has 1 heterocycles. The van der Waals surface area contributed by atoms with Crippen molar-refractivity contribution >= 4 is 29.7 Å². The lowest BCUT2D eigenvalue weighted by Gasteiger charge is -2.30. The fourth-order valence-corrected chi connectivity index (χ4v) is 4.43. The van der Waals surface area contributed by atoms with E-state index in [-0.39, 0.29) is 30.3 Å². The topological polar surface area (TPSA) is 46.3 Å². The van der Waals surface area contributed by atoms with Gasteiger partial charge < -0.3 is 10.6 Å². The second-order valence-corrected chi connectivity index (χ2v) is 6.74. The zero-order chi connectivity index (χ0) is 12.7. The van der Waals surface area contributed by atoms with Crippen molar-refractivity contribution in [2.75, 3.05) is 7.05 Å². The van der Waals surface area contributed by atoms with Crippen LogP contribution in [0.5, 0.6) is 0 Å². The smallest absolute Gasteiger partial charge is 0.227 e. The van der Waals surface area contributed by atoms with E-state index >= 15 is 0 Å². The molecular weight excluding hydrogens is 280 g/mol. The Kier molecular flexibility index (Phi) is 4.54. The van der Waals surface area contributed by atoms with Crippen molar-refractivity contribution in [2.24, 2.45) is 23.5 Å². The van der Waals surface area contributed by atoms with Gasteiger partial charge in [-0.25, -0.2) is 0 Å². The molecule has 0 radical (unpaired) electrons. The molecule has 2 bridgehead atoms. The van der Waals surface area contributed by atoms with E-state index in [4.69, 9.17) is 5.73 Å². The first-order chi connectivity index (χ1) is 8.66. The average Bonchev–Trinajstić information content (AvgIpc) is 3.04. The Balaban J connectivity index is 0.00000133. The Morgan fingerprint density at radius 1 is 1.47 bits per heavy atom. The van der Waals surface area contributed by atoms with Gasteiger partial charge in [0.2, 0.25) is 5.91 Å². The normalized spacial score (nSPS) is 32.1. The summed E-state index contributed by atoms with van der Waals surface area (Å²) in [5.41, 5.74) is 6.23. The predicted octanol–water partition coefficient (Wildman–Crippen LogP) is 2.50. The Morgan fingerprint density at radius 3 is 2.79 bits per heavy atom. The summed E-state index contributed by atoms with van der Waals surface area (Å²) in [6.45, 7) is 0.719. The van der Waals surface area contributed by atoms with Gasteiger partial charge in [0.15, 0.2) is 0 Å². The van der Waals surface area contributed by atoms with Crippen molar-refractivity contribution < 1.29 is 4.79 Å². The minimum atomic E-state index is 0. The number of halogens is 1. The number of nitrogens with zero attached hydrogens (tertiary/aromatic N) is 1. The van der Waals surface area contributed by atoms with Gasteiger partial charge in [-0.15, -0.1) is 23.7 Å². The highest BCUT2D eigenvalue weighted by molar-refractivity contribution is 7.09. The second-order valence-electron chi connectivity index (χ2n) is 5.71. The molecule has 2 saturated carbocycles. The van der Waals surface area contributed by atoms with Crippen molar-refractivity contribution in [1.82, 2.24) is 4.90 Å². The quantitative estimate of drug-likeness (QED) is 0.932. The molecule has 1 aromatic heterocycles. The number of carbonyl (C=O) groups is 1. The van der Waals surface area contributed by atoms with Crippen molar-refractivity contribution in [1.29, 1.82) is 0 Å². The molecule has 2 fully saturated rings. The summed E-state index contributed by atoms with van der Waals surface area (Å²) in [7, 11) is 1.90. The zero-order valence-electron chi connectivity index (χ0n) is 11.1. The molecule has 0 aliphatic heterocycles. The molecule has 2 aliphatic rings. The molecule has 1 aromatic rings. The molecule has 0 spiro atoms. The van der Waals surface area contributed by atoms with Crippen molar-refractivity contribution in [3.63, 3.8) is 0 Å². The fraction of sp³-hybridized carbons (Fsp3) is 0.643. The van der Waals surface area contributed by atoms with E-state index in [1.807, 2.05) is 18.0 Å². The largest absolute Gasteiger partial charge is 0.340 e. The Hall–Kier alpha value is -0.580. The summed E-state index contributed by atoms with van der Waals surface area (Å²) in [4.78, 5) is 15.6. The van der Waals surface area contributed by atoms with E-state index < -0.39 is 0 Å². The first kappa shape index (κ1) is 14.8. The first-order valence-electron chi connectivity index (χ1n) is 6.69. The lowest BCUT2D eigenvalue weighted by molar-refractivity contribution is -0.136. The van der Waals surface area contributed by atoms with Gasteiger partial charge in [0.1, 0.15) is 0 Å². The van der Waals surface area contributed by atoms with Crippen LogP contribution in [0, 0.1) is 17.8 Å². The summed E-state index contributed by atoms with van der Waals surface area (Å²) in [5.74, 6) is 1.47. The molecule has 106 valence electrons. The number of hydrogen-bond acceptors (Lipinski definition) is 3. The zero-order valence-corrected chi connectivity index (χ0v) is 12.8. The van der Waals surface area contributed by atoms with Gasteiger partial charge >= 0.3 is 0 Å². The van der Waals surface area contributed by atoms with Crippen LogP contribution in [-0.4, -0.2) is 23.9 Å². The van der Waals surface area contributed by atoms with Gasteiger partial charge in [0.25, 0.3) is 0 Å². The monoisotopic (exact) mass is 300 g/mol. The van der Waals surface area contributed by atoms with E-state index in [0.29, 0.717) is 11.8 Å².